The van der Waals surface area contributed by atoms with Gasteiger partial charge in [-0.15, -0.1) is 0 Å². The first-order chi connectivity index (χ1) is 12.7. The van der Waals surface area contributed by atoms with Gasteiger partial charge < -0.3 is 9.88 Å². The first-order valence-electron chi connectivity index (χ1n) is 9.22. The van der Waals surface area contributed by atoms with Gasteiger partial charge in [0.1, 0.15) is 0 Å². The molecule has 2 aromatic carbocycles. The molecule has 0 saturated carbocycles. The van der Waals surface area contributed by atoms with Crippen LogP contribution < -0.4 is 5.32 Å². The summed E-state index contributed by atoms with van der Waals surface area (Å²) in [5.41, 5.74) is 3.69. The van der Waals surface area contributed by atoms with E-state index in [-0.39, 0.29) is 11.9 Å². The topological polar surface area (TPSA) is 34.0 Å². The second-order valence-electron chi connectivity index (χ2n) is 6.70. The summed E-state index contributed by atoms with van der Waals surface area (Å²) in [7, 11) is 0. The van der Waals surface area contributed by atoms with E-state index in [9.17, 15) is 4.79 Å². The van der Waals surface area contributed by atoms with E-state index in [1.54, 1.807) is 0 Å². The number of nitrogens with zero attached hydrogens (tertiary/aromatic N) is 1. The highest BCUT2D eigenvalue weighted by Crippen LogP contribution is 2.23. The fraction of sp³-hybridized carbons (Fsp3) is 0.261. The zero-order chi connectivity index (χ0) is 18.2. The number of hydrogen-bond donors (Lipinski definition) is 1. The maximum absolute atomic E-state index is 12.5. The van der Waals surface area contributed by atoms with Crippen molar-refractivity contribution in [3.63, 3.8) is 0 Å². The molecule has 1 heterocycles. The predicted octanol–water partition coefficient (Wildman–Crippen LogP) is 4.53. The van der Waals surface area contributed by atoms with Gasteiger partial charge in [0.25, 0.3) is 0 Å². The molecular formula is C23H26N2O. The number of carbonyl (C=O) groups is 1. The molecule has 0 bridgehead atoms. The van der Waals surface area contributed by atoms with Gasteiger partial charge in [0.2, 0.25) is 5.91 Å². The summed E-state index contributed by atoms with van der Waals surface area (Å²) < 4.78 is 2.11. The first kappa shape index (κ1) is 18.0. The Balaban J connectivity index is 1.56. The van der Waals surface area contributed by atoms with Gasteiger partial charge in [0, 0.05) is 18.9 Å². The minimum atomic E-state index is 0.0269. The minimum Gasteiger partial charge on any atom is -0.356 e. The predicted molar refractivity (Wildman–Crippen MR) is 106 cm³/mol. The average Bonchev–Trinajstić information content (AvgIpc) is 3.18. The van der Waals surface area contributed by atoms with E-state index in [1.165, 1.54) is 16.7 Å². The van der Waals surface area contributed by atoms with Crippen LogP contribution in [0.3, 0.4) is 0 Å². The maximum Gasteiger partial charge on any atom is 0.222 e. The SMILES string of the molecule is Cc1cccc([C@H](CC(=O)NCCCc2ccccc2)n2cccc2)c1. The van der Waals surface area contributed by atoms with Gasteiger partial charge in [-0.3, -0.25) is 4.79 Å². The summed E-state index contributed by atoms with van der Waals surface area (Å²) in [6, 6.07) is 22.8. The van der Waals surface area contributed by atoms with Gasteiger partial charge in [-0.2, -0.15) is 0 Å². The Hall–Kier alpha value is -2.81. The number of benzene rings is 2. The highest BCUT2D eigenvalue weighted by Gasteiger charge is 2.17. The molecule has 3 heteroatoms. The van der Waals surface area contributed by atoms with E-state index in [0.717, 1.165) is 12.8 Å². The Morgan fingerprint density at radius 1 is 1.00 bits per heavy atom. The van der Waals surface area contributed by atoms with Gasteiger partial charge in [-0.1, -0.05) is 60.2 Å². The Labute approximate surface area is 155 Å². The average molecular weight is 346 g/mol. The van der Waals surface area contributed by atoms with Crippen LogP contribution in [-0.4, -0.2) is 17.0 Å². The second-order valence-corrected chi connectivity index (χ2v) is 6.70. The molecule has 1 N–H and O–H groups in total. The fourth-order valence-corrected chi connectivity index (χ4v) is 3.24. The molecule has 1 atom stereocenters. The molecule has 3 aromatic rings. The van der Waals surface area contributed by atoms with Crippen LogP contribution in [0.1, 0.15) is 35.6 Å². The summed E-state index contributed by atoms with van der Waals surface area (Å²) in [6.07, 6.45) is 6.43. The Morgan fingerprint density at radius 3 is 2.50 bits per heavy atom. The smallest absolute Gasteiger partial charge is 0.222 e. The highest BCUT2D eigenvalue weighted by atomic mass is 16.1. The summed E-state index contributed by atoms with van der Waals surface area (Å²) in [4.78, 5) is 12.5. The zero-order valence-corrected chi connectivity index (χ0v) is 15.3. The molecule has 0 aliphatic rings. The van der Waals surface area contributed by atoms with E-state index in [0.29, 0.717) is 13.0 Å². The summed E-state index contributed by atoms with van der Waals surface area (Å²) in [5.74, 6) is 0.0956. The molecule has 0 aliphatic heterocycles. The normalized spacial score (nSPS) is 11.9. The molecule has 0 fully saturated rings. The van der Waals surface area contributed by atoms with Crippen molar-refractivity contribution >= 4 is 5.91 Å². The van der Waals surface area contributed by atoms with Gasteiger partial charge in [0.05, 0.1) is 12.5 Å². The summed E-state index contributed by atoms with van der Waals surface area (Å²) in [5, 5.41) is 3.08. The molecule has 3 rings (SSSR count). The van der Waals surface area contributed by atoms with Crippen molar-refractivity contribution in [2.75, 3.05) is 6.54 Å². The molecule has 0 radical (unpaired) electrons. The number of carbonyl (C=O) groups excluding carboxylic acids is 1. The van der Waals surface area contributed by atoms with Crippen molar-refractivity contribution in [1.82, 2.24) is 9.88 Å². The number of hydrogen-bond acceptors (Lipinski definition) is 1. The minimum absolute atomic E-state index is 0.0269. The third-order valence-electron chi connectivity index (χ3n) is 4.60. The van der Waals surface area contributed by atoms with Crippen LogP contribution in [0.5, 0.6) is 0 Å². The van der Waals surface area contributed by atoms with Crippen LogP contribution in [0.25, 0.3) is 0 Å². The number of rotatable bonds is 8. The maximum atomic E-state index is 12.5. The molecular weight excluding hydrogens is 320 g/mol. The Kier molecular flexibility index (Phi) is 6.26. The Bertz CT molecular complexity index is 809. The summed E-state index contributed by atoms with van der Waals surface area (Å²) in [6.45, 7) is 2.79. The van der Waals surface area contributed by atoms with Gasteiger partial charge in [-0.25, -0.2) is 0 Å². The van der Waals surface area contributed by atoms with Crippen molar-refractivity contribution < 1.29 is 4.79 Å². The van der Waals surface area contributed by atoms with Gasteiger partial charge in [-0.05, 0) is 43.0 Å². The molecule has 3 nitrogen and oxygen atoms in total. The zero-order valence-electron chi connectivity index (χ0n) is 15.3. The van der Waals surface area contributed by atoms with E-state index in [4.69, 9.17) is 0 Å². The van der Waals surface area contributed by atoms with Gasteiger partial charge >= 0.3 is 0 Å². The lowest BCUT2D eigenvalue weighted by molar-refractivity contribution is -0.121. The third-order valence-corrected chi connectivity index (χ3v) is 4.60. The molecule has 0 saturated heterocycles. The molecule has 1 amide bonds. The molecule has 0 spiro atoms. The third kappa shape index (κ3) is 5.09. The van der Waals surface area contributed by atoms with E-state index in [2.05, 4.69) is 65.3 Å². The molecule has 26 heavy (non-hydrogen) atoms. The highest BCUT2D eigenvalue weighted by molar-refractivity contribution is 5.76. The van der Waals surface area contributed by atoms with Crippen LogP contribution in [0.2, 0.25) is 0 Å². The van der Waals surface area contributed by atoms with Crippen LogP contribution in [0.15, 0.2) is 79.1 Å². The molecule has 0 unspecified atom stereocenters. The van der Waals surface area contributed by atoms with Crippen molar-refractivity contribution in [2.45, 2.75) is 32.2 Å². The number of amides is 1. The fourth-order valence-electron chi connectivity index (χ4n) is 3.24. The van der Waals surface area contributed by atoms with Crippen LogP contribution in [0.4, 0.5) is 0 Å². The largest absolute Gasteiger partial charge is 0.356 e. The molecule has 0 aliphatic carbocycles. The summed E-state index contributed by atoms with van der Waals surface area (Å²) >= 11 is 0. The number of aromatic nitrogens is 1. The Morgan fingerprint density at radius 2 is 1.77 bits per heavy atom. The quantitative estimate of drug-likeness (QED) is 0.598. The van der Waals surface area contributed by atoms with Crippen molar-refractivity contribution in [2.24, 2.45) is 0 Å². The lowest BCUT2D eigenvalue weighted by Crippen LogP contribution is -2.28. The lowest BCUT2D eigenvalue weighted by atomic mass is 10.0. The lowest BCUT2D eigenvalue weighted by Gasteiger charge is -2.20. The molecule has 134 valence electrons. The van der Waals surface area contributed by atoms with Crippen LogP contribution in [0, 0.1) is 6.92 Å². The number of aryl methyl sites for hydroxylation is 2. The first-order valence-corrected chi connectivity index (χ1v) is 9.22. The van der Waals surface area contributed by atoms with Gasteiger partial charge in [0.15, 0.2) is 0 Å². The van der Waals surface area contributed by atoms with Crippen molar-refractivity contribution in [3.05, 3.63) is 95.8 Å². The monoisotopic (exact) mass is 346 g/mol. The standard InChI is InChI=1S/C23H26N2O/c1-19-9-7-13-21(17-19)22(25-15-5-6-16-25)18-23(26)24-14-8-12-20-10-3-2-4-11-20/h2-7,9-11,13,15-17,22H,8,12,14,18H2,1H3,(H,24,26)/t22-/m0/s1. The second kappa shape index (κ2) is 9.04. The number of nitrogens with one attached hydrogen (secondary N) is 1. The van der Waals surface area contributed by atoms with Crippen molar-refractivity contribution in [3.8, 4) is 0 Å². The van der Waals surface area contributed by atoms with Crippen LogP contribution >= 0.6 is 0 Å². The molecule has 1 aromatic heterocycles. The van der Waals surface area contributed by atoms with E-state index < -0.39 is 0 Å². The van der Waals surface area contributed by atoms with E-state index in [1.807, 2.05) is 30.6 Å². The van der Waals surface area contributed by atoms with E-state index >= 15 is 0 Å². The van der Waals surface area contributed by atoms with Crippen LogP contribution in [-0.2, 0) is 11.2 Å². The van der Waals surface area contributed by atoms with Crippen molar-refractivity contribution in [1.29, 1.82) is 0 Å².